The maximum absolute atomic E-state index is 13.9. The fourth-order valence-electron chi connectivity index (χ4n) is 20.4. The van der Waals surface area contributed by atoms with Crippen molar-refractivity contribution in [3.8, 4) is 89.0 Å². The zero-order chi connectivity index (χ0) is 87.8. The average molecular weight is 1690 g/mol. The van der Waals surface area contributed by atoms with E-state index < -0.39 is 0 Å². The van der Waals surface area contributed by atoms with E-state index in [0.29, 0.717) is 22.6 Å². The molecule has 0 fully saturated rings. The minimum absolute atomic E-state index is 0.0268. The molecule has 0 radical (unpaired) electrons. The second kappa shape index (κ2) is 31.0. The van der Waals surface area contributed by atoms with E-state index in [1.54, 1.807) is 13.2 Å². The third-order valence-corrected chi connectivity index (χ3v) is 26.3. The molecule has 12 heteroatoms. The lowest BCUT2D eigenvalue weighted by Crippen LogP contribution is -2.13. The molecule has 28 aromatic rings. The van der Waals surface area contributed by atoms with Crippen LogP contribution in [0.5, 0.6) is 0 Å². The summed E-state index contributed by atoms with van der Waals surface area (Å²) in [6, 6.07) is 147. The number of para-hydroxylation sites is 3. The fourth-order valence-corrected chi connectivity index (χ4v) is 20.4. The standard InChI is InChI=1S/4C30H18N2O/c2*33-30-25-15-7-14-23-21(19-9-3-1-4-10-19)17-18-24(27(23)25)29-31-28-22(20-11-5-2-6-12-20)13-8-16-26(28)32(29)30;33-30-25-18-17-21(19-9-3-1-4-10-19)23-14-7-15-24(27(23)25)29-31-28-22(20-11-5-2-6-12-20)13-8-16-26(28)32(29)30;33-30-25-16-8-14-21-13-7-15-24(26(21)25)29-31-27-22(19-9-3-1-4-10-19)17-18-23(28(27)32(29)30)20-11-5-2-6-12-20/h4*1-18H. The second-order valence-corrected chi connectivity index (χ2v) is 33.5. The van der Waals surface area contributed by atoms with Gasteiger partial charge in [0, 0.05) is 92.5 Å². The molecule has 0 saturated carbocycles. The number of imidazole rings is 4. The normalized spacial score (nSPS) is 11.8. The molecule has 12 nitrogen and oxygen atoms in total. The van der Waals surface area contributed by atoms with Crippen LogP contribution in [-0.2, 0) is 0 Å². The molecule has 8 aromatic heterocycles. The SMILES string of the molecule is O=c1c2ccc(-c3ccccc3)c3cccc(c32)c2nc3c(-c4ccccc4)cccc3n12.O=c1c2cccc3c(-c4ccccc4)ccc(c32)c2nc3c(-c4ccccc4)cccc3n12.O=c1c2cccc3c(-c4ccccc4)ccc(c32)c2nc3c(-c4ccccc4)cccc3n12.O=c1c2cccc3cccc(c32)c2nc3c(-c4ccccc4)ccc(-c4ccccc4)c3n12. The minimum atomic E-state index is -0.0285. The second-order valence-electron chi connectivity index (χ2n) is 33.5. The molecule has 20 aromatic carbocycles. The molecule has 0 amide bonds. The lowest BCUT2D eigenvalue weighted by Gasteiger charge is -2.11. The van der Waals surface area contributed by atoms with Gasteiger partial charge in [-0.05, 0) is 137 Å². The molecule has 8 heterocycles. The van der Waals surface area contributed by atoms with Gasteiger partial charge in [0.25, 0.3) is 22.2 Å². The van der Waals surface area contributed by atoms with Crippen molar-refractivity contribution in [2.45, 2.75) is 0 Å². The lowest BCUT2D eigenvalue weighted by molar-refractivity contribution is 1.19. The van der Waals surface area contributed by atoms with Gasteiger partial charge in [-0.25, -0.2) is 19.9 Å². The van der Waals surface area contributed by atoms with Gasteiger partial charge >= 0.3 is 0 Å². The summed E-state index contributed by atoms with van der Waals surface area (Å²) in [6.45, 7) is 0. The Labute approximate surface area is 752 Å². The van der Waals surface area contributed by atoms with Gasteiger partial charge in [-0.15, -0.1) is 0 Å². The van der Waals surface area contributed by atoms with E-state index >= 15 is 0 Å². The number of aromatic nitrogens is 8. The Kier molecular flexibility index (Phi) is 17.9. The number of hydrogen-bond acceptors (Lipinski definition) is 8. The predicted molar refractivity (Wildman–Crippen MR) is 544 cm³/mol. The third-order valence-electron chi connectivity index (χ3n) is 26.3. The highest BCUT2D eigenvalue weighted by Gasteiger charge is 2.27. The molecule has 0 atom stereocenters. The maximum Gasteiger partial charge on any atom is 0.264 e. The van der Waals surface area contributed by atoms with Gasteiger partial charge in [0.15, 0.2) is 0 Å². The molecule has 132 heavy (non-hydrogen) atoms. The van der Waals surface area contributed by atoms with Crippen LogP contribution in [0, 0.1) is 0 Å². The summed E-state index contributed by atoms with van der Waals surface area (Å²) in [5.41, 5.74) is 26.8. The highest BCUT2D eigenvalue weighted by molar-refractivity contribution is 6.24. The van der Waals surface area contributed by atoms with Crippen LogP contribution in [0.2, 0.25) is 0 Å². The van der Waals surface area contributed by atoms with Crippen molar-refractivity contribution in [3.05, 3.63) is 478 Å². The van der Waals surface area contributed by atoms with Gasteiger partial charge in [-0.2, -0.15) is 0 Å². The molecule has 0 aliphatic rings. The van der Waals surface area contributed by atoms with E-state index in [2.05, 4.69) is 206 Å². The first kappa shape index (κ1) is 76.4. The Balaban J connectivity index is 0.0000000945. The molecule has 0 bridgehead atoms. The van der Waals surface area contributed by atoms with Gasteiger partial charge in [0.2, 0.25) is 0 Å². The highest BCUT2D eigenvalue weighted by atomic mass is 16.1. The molecule has 0 unspecified atom stereocenters. The first-order chi connectivity index (χ1) is 65.2. The van der Waals surface area contributed by atoms with Gasteiger partial charge in [0.05, 0.1) is 44.1 Å². The van der Waals surface area contributed by atoms with Gasteiger partial charge < -0.3 is 0 Å². The lowest BCUT2D eigenvalue weighted by atomic mass is 9.94. The summed E-state index contributed by atoms with van der Waals surface area (Å²) in [4.78, 5) is 75.6. The van der Waals surface area contributed by atoms with Crippen molar-refractivity contribution in [2.24, 2.45) is 0 Å². The third kappa shape index (κ3) is 12.1. The summed E-state index contributed by atoms with van der Waals surface area (Å²) in [7, 11) is 0. The van der Waals surface area contributed by atoms with Crippen molar-refractivity contribution < 1.29 is 0 Å². The van der Waals surface area contributed by atoms with E-state index in [1.807, 2.05) is 235 Å². The van der Waals surface area contributed by atoms with E-state index in [1.165, 1.54) is 0 Å². The summed E-state index contributed by atoms with van der Waals surface area (Å²) >= 11 is 0. The van der Waals surface area contributed by atoms with Gasteiger partial charge in [-0.1, -0.05) is 382 Å². The van der Waals surface area contributed by atoms with Crippen molar-refractivity contribution in [2.75, 3.05) is 0 Å². The minimum Gasteiger partial charge on any atom is -0.268 e. The summed E-state index contributed by atoms with van der Waals surface area (Å²) in [5.74, 6) is 0. The molecule has 28 rings (SSSR count). The number of rotatable bonds is 8. The molecule has 0 N–H and O–H groups in total. The first-order valence-corrected chi connectivity index (χ1v) is 44.2. The topological polar surface area (TPSA) is 137 Å². The Morgan fingerprint density at radius 2 is 0.371 bits per heavy atom. The number of hydrogen-bond donors (Lipinski definition) is 0. The van der Waals surface area contributed by atoms with Crippen molar-refractivity contribution in [3.63, 3.8) is 0 Å². The largest absolute Gasteiger partial charge is 0.268 e. The highest BCUT2D eigenvalue weighted by Crippen LogP contribution is 2.45. The van der Waals surface area contributed by atoms with Crippen molar-refractivity contribution in [1.82, 2.24) is 37.5 Å². The molecule has 0 aliphatic heterocycles. The smallest absolute Gasteiger partial charge is 0.264 e. The summed E-state index contributed by atoms with van der Waals surface area (Å²) in [6.07, 6.45) is 0. The van der Waals surface area contributed by atoms with E-state index in [-0.39, 0.29) is 22.2 Å². The Hall–Kier alpha value is -18.0. The monoisotopic (exact) mass is 1690 g/mol. The average Bonchev–Trinajstić information content (AvgIpc) is 1.51. The van der Waals surface area contributed by atoms with Crippen LogP contribution in [0.3, 0.4) is 0 Å². The molecule has 0 spiro atoms. The predicted octanol–water partition coefficient (Wildman–Crippen LogP) is 27.7. The zero-order valence-corrected chi connectivity index (χ0v) is 70.8. The maximum atomic E-state index is 13.9. The van der Waals surface area contributed by atoms with E-state index in [0.717, 1.165) is 219 Å². The van der Waals surface area contributed by atoms with Crippen molar-refractivity contribution in [1.29, 1.82) is 0 Å². The molecular weight excluding hydrogens is 1620 g/mol. The Bertz CT molecular complexity index is 9130. The summed E-state index contributed by atoms with van der Waals surface area (Å²) in [5, 5.41) is 15.1. The number of benzene rings is 20. The molecule has 616 valence electrons. The fraction of sp³-hybridized carbons (Fsp3) is 0. The van der Waals surface area contributed by atoms with Crippen LogP contribution in [0.25, 0.3) is 242 Å². The Morgan fingerprint density at radius 3 is 0.720 bits per heavy atom. The van der Waals surface area contributed by atoms with E-state index in [9.17, 15) is 19.2 Å². The quantitative estimate of drug-likeness (QED) is 0.147. The van der Waals surface area contributed by atoms with Crippen LogP contribution >= 0.6 is 0 Å². The molecular formula is C120H72N8O4. The molecule has 0 saturated heterocycles. The van der Waals surface area contributed by atoms with E-state index in [4.69, 9.17) is 19.9 Å². The van der Waals surface area contributed by atoms with Crippen LogP contribution < -0.4 is 22.2 Å². The number of fused-ring (bicyclic) bond motifs is 16. The first-order valence-electron chi connectivity index (χ1n) is 44.2. The van der Waals surface area contributed by atoms with Gasteiger partial charge in [-0.3, -0.25) is 36.8 Å². The van der Waals surface area contributed by atoms with Crippen LogP contribution in [0.15, 0.2) is 456 Å². The van der Waals surface area contributed by atoms with Gasteiger partial charge in [0.1, 0.15) is 22.6 Å². The molecule has 0 aliphatic carbocycles. The number of nitrogens with zero attached hydrogens (tertiary/aromatic N) is 8. The van der Waals surface area contributed by atoms with Crippen LogP contribution in [0.1, 0.15) is 0 Å². The number of pyridine rings is 4. The summed E-state index contributed by atoms with van der Waals surface area (Å²) < 4.78 is 7.16. The van der Waals surface area contributed by atoms with Crippen LogP contribution in [0.4, 0.5) is 0 Å². The Morgan fingerprint density at radius 1 is 0.152 bits per heavy atom. The van der Waals surface area contributed by atoms with Crippen molar-refractivity contribution >= 4 is 153 Å². The van der Waals surface area contributed by atoms with Crippen LogP contribution in [-0.4, -0.2) is 37.5 Å². The zero-order valence-electron chi connectivity index (χ0n) is 70.8.